The molecule has 1 saturated heterocycles. The molecule has 248 valence electrons. The van der Waals surface area contributed by atoms with E-state index < -0.39 is 12.1 Å². The number of unbranched alkanes of at least 4 members (excludes halogenated alkanes) is 3. The molecule has 1 heterocycles. The summed E-state index contributed by atoms with van der Waals surface area (Å²) >= 11 is 0. The monoisotopic (exact) mass is 644 g/mol. The van der Waals surface area contributed by atoms with E-state index in [1.807, 2.05) is 66.7 Å². The maximum absolute atomic E-state index is 13.4. The number of rotatable bonds is 12. The fourth-order valence-electron chi connectivity index (χ4n) is 4.73. The summed E-state index contributed by atoms with van der Waals surface area (Å²) in [5.74, 6) is -1.68. The highest BCUT2D eigenvalue weighted by Gasteiger charge is 2.38. The average Bonchev–Trinajstić information content (AvgIpc) is 3.06. The van der Waals surface area contributed by atoms with Gasteiger partial charge in [0.25, 0.3) is 0 Å². The molecule has 46 heavy (non-hydrogen) atoms. The van der Waals surface area contributed by atoms with Crippen LogP contribution in [0.5, 0.6) is 11.5 Å². The van der Waals surface area contributed by atoms with Gasteiger partial charge in [-0.25, -0.2) is 15.1 Å². The largest absolute Gasteiger partial charge is 0.490 e. The summed E-state index contributed by atoms with van der Waals surface area (Å²) < 4.78 is 37.6. The van der Waals surface area contributed by atoms with Gasteiger partial charge in [-0.05, 0) is 92.8 Å². The number of carboxylic acid groups (broad SMARTS) is 1. The number of carbonyl (C=O) groups excluding carboxylic acids is 2. The van der Waals surface area contributed by atoms with E-state index in [0.717, 1.165) is 43.8 Å². The van der Waals surface area contributed by atoms with Crippen molar-refractivity contribution < 1.29 is 42.6 Å². The second-order valence-corrected chi connectivity index (χ2v) is 10.6. The lowest BCUT2D eigenvalue weighted by Crippen LogP contribution is -2.36. The molecule has 1 fully saturated rings. The van der Waals surface area contributed by atoms with Crippen molar-refractivity contribution in [2.75, 3.05) is 34.8 Å². The molecular formula is C33H39F3N4O6. The number of hydrogen-bond donors (Lipinski definition) is 4. The number of hydrogen-bond acceptors (Lipinski definition) is 6. The van der Waals surface area contributed by atoms with Crippen LogP contribution in [0.25, 0.3) is 0 Å². The molecule has 0 saturated carbocycles. The molecular weight excluding hydrogens is 605 g/mol. The van der Waals surface area contributed by atoms with Crippen molar-refractivity contribution in [1.82, 2.24) is 5.48 Å². The minimum atomic E-state index is -5.08. The predicted molar refractivity (Wildman–Crippen MR) is 169 cm³/mol. The Kier molecular flexibility index (Phi) is 14.2. The highest BCUT2D eigenvalue weighted by Crippen LogP contribution is 2.26. The Labute approximate surface area is 265 Å². The van der Waals surface area contributed by atoms with Crippen LogP contribution in [0.3, 0.4) is 0 Å². The Morgan fingerprint density at radius 3 is 1.98 bits per heavy atom. The summed E-state index contributed by atoms with van der Waals surface area (Å²) in [7, 11) is 0. The van der Waals surface area contributed by atoms with Crippen molar-refractivity contribution in [3.63, 3.8) is 0 Å². The van der Waals surface area contributed by atoms with Gasteiger partial charge >= 0.3 is 18.2 Å². The first-order valence-electron chi connectivity index (χ1n) is 15.1. The van der Waals surface area contributed by atoms with Gasteiger partial charge in [0.05, 0.1) is 0 Å². The first-order chi connectivity index (χ1) is 22.1. The minimum absolute atomic E-state index is 0.197. The summed E-state index contributed by atoms with van der Waals surface area (Å²) in [5, 5.41) is 18.8. The van der Waals surface area contributed by atoms with E-state index in [9.17, 15) is 22.8 Å². The van der Waals surface area contributed by atoms with Gasteiger partial charge in [0.15, 0.2) is 0 Å². The second-order valence-electron chi connectivity index (χ2n) is 10.6. The van der Waals surface area contributed by atoms with Crippen LogP contribution in [-0.2, 0) is 9.59 Å². The van der Waals surface area contributed by atoms with E-state index in [-0.39, 0.29) is 11.9 Å². The molecule has 3 aromatic rings. The number of piperidine rings is 1. The van der Waals surface area contributed by atoms with E-state index in [0.29, 0.717) is 30.8 Å². The molecule has 4 rings (SSSR count). The Hall–Kier alpha value is -4.78. The maximum atomic E-state index is 13.4. The highest BCUT2D eigenvalue weighted by atomic mass is 19.4. The zero-order valence-corrected chi connectivity index (χ0v) is 25.3. The number of hydroxylamine groups is 1. The lowest BCUT2D eigenvalue weighted by molar-refractivity contribution is -0.192. The molecule has 3 aromatic carbocycles. The number of nitrogens with zero attached hydrogens (tertiary/aromatic N) is 2. The third-order valence-electron chi connectivity index (χ3n) is 7.12. The van der Waals surface area contributed by atoms with E-state index in [2.05, 4.69) is 22.3 Å². The highest BCUT2D eigenvalue weighted by molar-refractivity contribution is 6.01. The molecule has 3 amide bonds. The number of anilines is 3. The molecule has 0 unspecified atom stereocenters. The Morgan fingerprint density at radius 2 is 1.39 bits per heavy atom. The Balaban J connectivity index is 0.000000738. The Morgan fingerprint density at radius 1 is 0.804 bits per heavy atom. The number of aliphatic carboxylic acids is 1. The van der Waals surface area contributed by atoms with Gasteiger partial charge in [0, 0.05) is 43.1 Å². The quantitative estimate of drug-likeness (QED) is 0.0907. The number of carboxylic acids is 1. The van der Waals surface area contributed by atoms with E-state index >= 15 is 0 Å². The van der Waals surface area contributed by atoms with Gasteiger partial charge in [-0.15, -0.1) is 0 Å². The minimum Gasteiger partial charge on any atom is -0.475 e. The fourth-order valence-corrected chi connectivity index (χ4v) is 4.73. The Bertz CT molecular complexity index is 1370. The molecule has 1 aliphatic rings. The zero-order chi connectivity index (χ0) is 33.4. The van der Waals surface area contributed by atoms with Crippen LogP contribution in [0, 0.1) is 0 Å². The van der Waals surface area contributed by atoms with Crippen molar-refractivity contribution in [1.29, 1.82) is 0 Å². The van der Waals surface area contributed by atoms with Crippen molar-refractivity contribution >= 4 is 35.0 Å². The van der Waals surface area contributed by atoms with Crippen LogP contribution in [0.15, 0.2) is 78.9 Å². The number of alkyl halides is 3. The molecule has 0 radical (unpaired) electrons. The molecule has 4 N–H and O–H groups in total. The molecule has 0 bridgehead atoms. The SMILES string of the molecule is O=C(CCCCCCN(C(=O)Nc1ccc(Oc2ccccc2)cc1)c1ccc(N2CCCCC2)cc1)NO.O=C(O)C(F)(F)F. The lowest BCUT2D eigenvalue weighted by atomic mass is 10.1. The smallest absolute Gasteiger partial charge is 0.475 e. The van der Waals surface area contributed by atoms with Crippen LogP contribution in [0.4, 0.5) is 35.0 Å². The predicted octanol–water partition coefficient (Wildman–Crippen LogP) is 7.60. The van der Waals surface area contributed by atoms with Crippen LogP contribution < -0.4 is 25.3 Å². The van der Waals surface area contributed by atoms with Gasteiger partial charge in [-0.3, -0.25) is 14.9 Å². The summed E-state index contributed by atoms with van der Waals surface area (Å²) in [6.07, 6.45) is 2.14. The maximum Gasteiger partial charge on any atom is 0.490 e. The molecule has 10 nitrogen and oxygen atoms in total. The summed E-state index contributed by atoms with van der Waals surface area (Å²) in [6, 6.07) is 25.0. The van der Waals surface area contributed by atoms with Gasteiger partial charge in [-0.2, -0.15) is 13.2 Å². The molecule has 0 spiro atoms. The zero-order valence-electron chi connectivity index (χ0n) is 25.3. The van der Waals surface area contributed by atoms with Crippen LogP contribution in [-0.4, -0.2) is 54.0 Å². The molecule has 0 atom stereocenters. The average molecular weight is 645 g/mol. The number of halogens is 3. The summed E-state index contributed by atoms with van der Waals surface area (Å²) in [6.45, 7) is 2.69. The van der Waals surface area contributed by atoms with E-state index in [1.54, 1.807) is 10.4 Å². The van der Waals surface area contributed by atoms with Crippen molar-refractivity contribution in [3.8, 4) is 11.5 Å². The molecule has 1 aliphatic heterocycles. The third-order valence-corrected chi connectivity index (χ3v) is 7.12. The van der Waals surface area contributed by atoms with Crippen LogP contribution in [0.2, 0.25) is 0 Å². The number of carbonyl (C=O) groups is 3. The fraction of sp³-hybridized carbons (Fsp3) is 0.364. The van der Waals surface area contributed by atoms with E-state index in [4.69, 9.17) is 19.8 Å². The first-order valence-corrected chi connectivity index (χ1v) is 15.1. The first kappa shape index (κ1) is 35.7. The number of urea groups is 1. The van der Waals surface area contributed by atoms with Gasteiger partial charge < -0.3 is 20.1 Å². The van der Waals surface area contributed by atoms with Gasteiger partial charge in [0.2, 0.25) is 5.91 Å². The molecule has 0 aromatic heterocycles. The number of nitrogens with one attached hydrogen (secondary N) is 2. The van der Waals surface area contributed by atoms with Crippen molar-refractivity contribution in [3.05, 3.63) is 78.9 Å². The van der Waals surface area contributed by atoms with Crippen molar-refractivity contribution in [2.24, 2.45) is 0 Å². The standard InChI is InChI=1S/C31H38N4O4.C2HF3O2/c36-30(33-38)13-7-1-2-10-24-35(27-18-16-26(17-19-27)34-22-8-4-9-23-34)31(37)32-25-14-20-29(21-15-25)39-28-11-5-3-6-12-28;3-2(4,5)1(6)7/h3,5-6,11-12,14-21,38H,1-2,4,7-10,13,22-24H2,(H,32,37)(H,33,36);(H,6,7). The van der Waals surface area contributed by atoms with Gasteiger partial charge in [-0.1, -0.05) is 31.0 Å². The number of ether oxygens (including phenoxy) is 1. The van der Waals surface area contributed by atoms with Crippen LogP contribution in [0.1, 0.15) is 51.4 Å². The number of para-hydroxylation sites is 1. The third kappa shape index (κ3) is 12.3. The van der Waals surface area contributed by atoms with Crippen molar-refractivity contribution in [2.45, 2.75) is 57.5 Å². The summed E-state index contributed by atoms with van der Waals surface area (Å²) in [4.78, 5) is 37.7. The topological polar surface area (TPSA) is 131 Å². The van der Waals surface area contributed by atoms with Crippen LogP contribution >= 0.6 is 0 Å². The molecule has 13 heteroatoms. The van der Waals surface area contributed by atoms with Gasteiger partial charge in [0.1, 0.15) is 11.5 Å². The molecule has 0 aliphatic carbocycles. The number of amides is 3. The summed E-state index contributed by atoms with van der Waals surface area (Å²) in [5.41, 5.74) is 4.39. The lowest BCUT2D eigenvalue weighted by Gasteiger charge is -2.29. The normalized spacial score (nSPS) is 12.7. The second kappa shape index (κ2) is 18.3. The van der Waals surface area contributed by atoms with E-state index in [1.165, 1.54) is 24.9 Å². The number of benzene rings is 3.